The molecule has 1 amide bonds. The molecule has 4 nitrogen and oxygen atoms in total. The first kappa shape index (κ1) is 11.9. The lowest BCUT2D eigenvalue weighted by molar-refractivity contribution is -0.135. The Morgan fingerprint density at radius 1 is 1.50 bits per heavy atom. The van der Waals surface area contributed by atoms with Crippen LogP contribution in [0.3, 0.4) is 0 Å². The molecule has 1 saturated heterocycles. The zero-order valence-corrected chi connectivity index (χ0v) is 9.84. The van der Waals surface area contributed by atoms with Gasteiger partial charge in [-0.05, 0) is 31.6 Å². The molecule has 1 saturated carbocycles. The molecule has 1 heterocycles. The molecule has 0 aromatic rings. The fourth-order valence-electron chi connectivity index (χ4n) is 2.52. The molecule has 4 heteroatoms. The van der Waals surface area contributed by atoms with Gasteiger partial charge in [0.15, 0.2) is 0 Å². The maximum Gasteiger partial charge on any atom is 0.227 e. The SMILES string of the molecule is NCC1(C(=O)NCCC2CCOC2)CCC1. The van der Waals surface area contributed by atoms with Gasteiger partial charge < -0.3 is 15.8 Å². The van der Waals surface area contributed by atoms with Gasteiger partial charge in [0, 0.05) is 26.3 Å². The van der Waals surface area contributed by atoms with E-state index in [1.54, 1.807) is 0 Å². The van der Waals surface area contributed by atoms with Crippen LogP contribution < -0.4 is 11.1 Å². The van der Waals surface area contributed by atoms with Crippen LogP contribution in [0.5, 0.6) is 0 Å². The fourth-order valence-corrected chi connectivity index (χ4v) is 2.52. The van der Waals surface area contributed by atoms with E-state index in [1.807, 2.05) is 0 Å². The van der Waals surface area contributed by atoms with Crippen LogP contribution in [0.25, 0.3) is 0 Å². The zero-order chi connectivity index (χ0) is 11.4. The summed E-state index contributed by atoms with van der Waals surface area (Å²) < 4.78 is 5.30. The van der Waals surface area contributed by atoms with Gasteiger partial charge in [0.2, 0.25) is 5.91 Å². The van der Waals surface area contributed by atoms with Crippen LogP contribution in [0.1, 0.15) is 32.1 Å². The molecule has 3 N–H and O–H groups in total. The summed E-state index contributed by atoms with van der Waals surface area (Å²) in [4.78, 5) is 11.9. The molecule has 0 aromatic heterocycles. The molecular weight excluding hydrogens is 204 g/mol. The van der Waals surface area contributed by atoms with Crippen LogP contribution in [0.15, 0.2) is 0 Å². The van der Waals surface area contributed by atoms with Crippen molar-refractivity contribution in [1.29, 1.82) is 0 Å². The Morgan fingerprint density at radius 2 is 2.31 bits per heavy atom. The highest BCUT2D eigenvalue weighted by atomic mass is 16.5. The summed E-state index contributed by atoms with van der Waals surface area (Å²) in [6, 6.07) is 0. The van der Waals surface area contributed by atoms with Crippen molar-refractivity contribution in [2.45, 2.75) is 32.1 Å². The molecule has 1 unspecified atom stereocenters. The molecule has 1 aliphatic carbocycles. The molecule has 0 bridgehead atoms. The maximum absolute atomic E-state index is 11.9. The van der Waals surface area contributed by atoms with Gasteiger partial charge in [-0.15, -0.1) is 0 Å². The summed E-state index contributed by atoms with van der Waals surface area (Å²) in [7, 11) is 0. The van der Waals surface area contributed by atoms with Crippen LogP contribution in [-0.4, -0.2) is 32.2 Å². The Hall–Kier alpha value is -0.610. The lowest BCUT2D eigenvalue weighted by atomic mass is 9.68. The summed E-state index contributed by atoms with van der Waals surface area (Å²) in [5.74, 6) is 0.802. The van der Waals surface area contributed by atoms with Crippen molar-refractivity contribution in [3.8, 4) is 0 Å². The molecule has 16 heavy (non-hydrogen) atoms. The average Bonchev–Trinajstić information content (AvgIpc) is 2.70. The van der Waals surface area contributed by atoms with Crippen molar-refractivity contribution < 1.29 is 9.53 Å². The third kappa shape index (κ3) is 2.38. The molecule has 2 fully saturated rings. The number of carbonyl (C=O) groups excluding carboxylic acids is 1. The Balaban J connectivity index is 1.67. The minimum absolute atomic E-state index is 0.167. The topological polar surface area (TPSA) is 64.4 Å². The Bertz CT molecular complexity index is 240. The molecule has 2 aliphatic rings. The zero-order valence-electron chi connectivity index (χ0n) is 9.84. The van der Waals surface area contributed by atoms with Gasteiger partial charge in [-0.1, -0.05) is 6.42 Å². The van der Waals surface area contributed by atoms with Gasteiger partial charge in [0.1, 0.15) is 0 Å². The minimum Gasteiger partial charge on any atom is -0.381 e. The second kappa shape index (κ2) is 5.15. The summed E-state index contributed by atoms with van der Waals surface area (Å²) >= 11 is 0. The van der Waals surface area contributed by atoms with Crippen LogP contribution >= 0.6 is 0 Å². The average molecular weight is 226 g/mol. The van der Waals surface area contributed by atoms with Crippen molar-refractivity contribution in [1.82, 2.24) is 5.32 Å². The third-order valence-corrected chi connectivity index (χ3v) is 4.05. The van der Waals surface area contributed by atoms with Crippen molar-refractivity contribution >= 4 is 5.91 Å². The molecule has 0 spiro atoms. The Labute approximate surface area is 96.9 Å². The summed E-state index contributed by atoms with van der Waals surface area (Å²) in [5, 5.41) is 3.03. The smallest absolute Gasteiger partial charge is 0.227 e. The van der Waals surface area contributed by atoms with E-state index in [1.165, 1.54) is 0 Å². The van der Waals surface area contributed by atoms with E-state index in [4.69, 9.17) is 10.5 Å². The van der Waals surface area contributed by atoms with Crippen molar-refractivity contribution in [2.24, 2.45) is 17.1 Å². The van der Waals surface area contributed by atoms with E-state index in [0.717, 1.165) is 51.9 Å². The first-order valence-electron chi connectivity index (χ1n) is 6.33. The van der Waals surface area contributed by atoms with Gasteiger partial charge in [-0.25, -0.2) is 0 Å². The highest BCUT2D eigenvalue weighted by Crippen LogP contribution is 2.39. The van der Waals surface area contributed by atoms with Gasteiger partial charge in [0.05, 0.1) is 5.41 Å². The normalized spacial score (nSPS) is 27.4. The molecule has 2 rings (SSSR count). The molecular formula is C12H22N2O2. The van der Waals surface area contributed by atoms with Crippen LogP contribution in [0.2, 0.25) is 0 Å². The number of rotatable bonds is 5. The van der Waals surface area contributed by atoms with Crippen molar-refractivity contribution in [2.75, 3.05) is 26.3 Å². The first-order valence-corrected chi connectivity index (χ1v) is 6.33. The predicted molar refractivity (Wildman–Crippen MR) is 61.9 cm³/mol. The molecule has 0 aromatic carbocycles. The van der Waals surface area contributed by atoms with Gasteiger partial charge in [-0.3, -0.25) is 4.79 Å². The number of amides is 1. The lowest BCUT2D eigenvalue weighted by Crippen LogP contribution is -2.50. The Morgan fingerprint density at radius 3 is 2.81 bits per heavy atom. The third-order valence-electron chi connectivity index (χ3n) is 4.05. The summed E-state index contributed by atoms with van der Waals surface area (Å²) in [6.45, 7) is 3.00. The molecule has 1 aliphatic heterocycles. The number of nitrogens with two attached hydrogens (primary N) is 1. The van der Waals surface area contributed by atoms with E-state index in [2.05, 4.69) is 5.32 Å². The predicted octanol–water partition coefficient (Wildman–Crippen LogP) is 0.658. The van der Waals surface area contributed by atoms with Crippen LogP contribution in [0, 0.1) is 11.3 Å². The monoisotopic (exact) mass is 226 g/mol. The molecule has 0 radical (unpaired) electrons. The van der Waals surface area contributed by atoms with E-state index in [0.29, 0.717) is 12.5 Å². The lowest BCUT2D eigenvalue weighted by Gasteiger charge is -2.39. The first-order chi connectivity index (χ1) is 7.77. The van der Waals surface area contributed by atoms with E-state index < -0.39 is 0 Å². The maximum atomic E-state index is 11.9. The quantitative estimate of drug-likeness (QED) is 0.723. The number of nitrogens with one attached hydrogen (secondary N) is 1. The highest BCUT2D eigenvalue weighted by molar-refractivity contribution is 5.83. The van der Waals surface area contributed by atoms with E-state index >= 15 is 0 Å². The number of hydrogen-bond acceptors (Lipinski definition) is 3. The van der Waals surface area contributed by atoms with Crippen molar-refractivity contribution in [3.05, 3.63) is 0 Å². The Kier molecular flexibility index (Phi) is 3.82. The van der Waals surface area contributed by atoms with Gasteiger partial charge in [-0.2, -0.15) is 0 Å². The second-order valence-electron chi connectivity index (χ2n) is 5.11. The minimum atomic E-state index is -0.230. The number of ether oxygens (including phenoxy) is 1. The van der Waals surface area contributed by atoms with Gasteiger partial charge in [0.25, 0.3) is 0 Å². The second-order valence-corrected chi connectivity index (χ2v) is 5.11. The van der Waals surface area contributed by atoms with E-state index in [-0.39, 0.29) is 11.3 Å². The van der Waals surface area contributed by atoms with Crippen molar-refractivity contribution in [3.63, 3.8) is 0 Å². The highest BCUT2D eigenvalue weighted by Gasteiger charge is 2.42. The largest absolute Gasteiger partial charge is 0.381 e. The van der Waals surface area contributed by atoms with Crippen LogP contribution in [-0.2, 0) is 9.53 Å². The summed E-state index contributed by atoms with van der Waals surface area (Å²) in [5.41, 5.74) is 5.45. The number of hydrogen-bond donors (Lipinski definition) is 2. The fraction of sp³-hybridized carbons (Fsp3) is 0.917. The van der Waals surface area contributed by atoms with E-state index in [9.17, 15) is 4.79 Å². The number of carbonyl (C=O) groups is 1. The van der Waals surface area contributed by atoms with Crippen LogP contribution in [0.4, 0.5) is 0 Å². The summed E-state index contributed by atoms with van der Waals surface area (Å²) in [6.07, 6.45) is 5.23. The molecule has 92 valence electrons. The molecule has 1 atom stereocenters. The standard InChI is InChI=1S/C12H22N2O2/c13-9-12(4-1-5-12)11(15)14-6-2-10-3-7-16-8-10/h10H,1-9,13H2,(H,14,15). The van der Waals surface area contributed by atoms with Gasteiger partial charge >= 0.3 is 0 Å².